The lowest BCUT2D eigenvalue weighted by molar-refractivity contribution is -0.904. The molecular weight excluding hydrogens is 670 g/mol. The van der Waals surface area contributed by atoms with Crippen LogP contribution in [0.25, 0.3) is 0 Å². The predicted octanol–water partition coefficient (Wildman–Crippen LogP) is 4.10. The van der Waals surface area contributed by atoms with Gasteiger partial charge in [-0.05, 0) is 89.5 Å². The molecule has 1 aromatic carbocycles. The van der Waals surface area contributed by atoms with Crippen molar-refractivity contribution in [3.63, 3.8) is 0 Å². The van der Waals surface area contributed by atoms with Gasteiger partial charge in [-0.25, -0.2) is 4.98 Å². The molecule has 0 spiro atoms. The number of fused-ring (bicyclic) bond motifs is 2. The number of aromatic nitrogens is 4. The summed E-state index contributed by atoms with van der Waals surface area (Å²) < 4.78 is 3.90. The van der Waals surface area contributed by atoms with E-state index in [1.54, 1.807) is 29.6 Å². The topological polar surface area (TPSA) is 107 Å². The summed E-state index contributed by atoms with van der Waals surface area (Å²) in [6.07, 6.45) is 12.7. The maximum absolute atomic E-state index is 14.0. The molecule has 4 aromatic rings. The van der Waals surface area contributed by atoms with Crippen LogP contribution in [-0.2, 0) is 34.4 Å². The fraction of sp³-hybridized carbons (Fsp3) is 0.382. The number of hydrogen-bond donors (Lipinski definition) is 2. The first-order chi connectivity index (χ1) is 22.1. The van der Waals surface area contributed by atoms with Gasteiger partial charge in [0.05, 0.1) is 24.5 Å². The van der Waals surface area contributed by atoms with Crippen molar-refractivity contribution in [1.29, 1.82) is 0 Å². The van der Waals surface area contributed by atoms with Crippen molar-refractivity contribution in [2.75, 3.05) is 26.2 Å². The summed E-state index contributed by atoms with van der Waals surface area (Å²) in [5.41, 5.74) is 4.92. The van der Waals surface area contributed by atoms with E-state index in [9.17, 15) is 14.8 Å². The second kappa shape index (κ2) is 13.5. The first-order valence-electron chi connectivity index (χ1n) is 15.5. The number of rotatable bonds is 8. The maximum Gasteiger partial charge on any atom is 0.244 e. The van der Waals surface area contributed by atoms with Gasteiger partial charge < -0.3 is 14.8 Å². The highest BCUT2D eigenvalue weighted by atomic mass is 79.9. The van der Waals surface area contributed by atoms with E-state index in [0.29, 0.717) is 37.6 Å². The van der Waals surface area contributed by atoms with Crippen LogP contribution in [0.2, 0.25) is 5.02 Å². The normalized spacial score (nSPS) is 18.4. The highest BCUT2D eigenvalue weighted by Gasteiger charge is 2.40. The van der Waals surface area contributed by atoms with Gasteiger partial charge in [-0.15, -0.1) is 0 Å². The molecule has 1 fully saturated rings. The monoisotopic (exact) mass is 706 g/mol. The van der Waals surface area contributed by atoms with Crippen LogP contribution in [0.1, 0.15) is 54.3 Å². The molecule has 240 valence electrons. The number of benzene rings is 1. The first kappa shape index (κ1) is 32.2. The Morgan fingerprint density at radius 3 is 2.67 bits per heavy atom. The number of imidazole rings is 1. The van der Waals surface area contributed by atoms with Crippen LogP contribution < -0.4 is 10.0 Å². The van der Waals surface area contributed by atoms with Crippen molar-refractivity contribution < 1.29 is 19.5 Å². The zero-order chi connectivity index (χ0) is 32.4. The fourth-order valence-electron chi connectivity index (χ4n) is 6.54. The van der Waals surface area contributed by atoms with Crippen LogP contribution in [0.5, 0.6) is 0 Å². The van der Waals surface area contributed by atoms with E-state index < -0.39 is 6.04 Å². The average molecular weight is 708 g/mol. The van der Waals surface area contributed by atoms with Crippen LogP contribution >= 0.6 is 27.5 Å². The Balaban J connectivity index is 1.29. The van der Waals surface area contributed by atoms with E-state index in [2.05, 4.69) is 57.1 Å². The van der Waals surface area contributed by atoms with E-state index in [1.165, 1.54) is 12.4 Å². The summed E-state index contributed by atoms with van der Waals surface area (Å²) in [5, 5.41) is 13.5. The molecule has 2 atom stereocenters. The van der Waals surface area contributed by atoms with E-state index >= 15 is 0 Å². The molecule has 46 heavy (non-hydrogen) atoms. The number of nitrogens with zero attached hydrogens (tertiary/aromatic N) is 6. The van der Waals surface area contributed by atoms with Crippen LogP contribution in [0.3, 0.4) is 0 Å². The number of carbonyl (C=O) groups excluding carboxylic acids is 2. The van der Waals surface area contributed by atoms with Gasteiger partial charge in [0, 0.05) is 76.7 Å². The van der Waals surface area contributed by atoms with Gasteiger partial charge in [0.25, 0.3) is 0 Å². The van der Waals surface area contributed by atoms with Gasteiger partial charge in [0.15, 0.2) is 0 Å². The number of nitrogens with one attached hydrogen (secondary N) is 1. The number of piperazine rings is 1. The minimum Gasteiger partial charge on any atom is -0.354 e. The molecule has 6 rings (SSSR count). The van der Waals surface area contributed by atoms with Crippen LogP contribution in [0.15, 0.2) is 78.2 Å². The summed E-state index contributed by atoms with van der Waals surface area (Å²) in [6.45, 7) is 5.95. The van der Waals surface area contributed by atoms with Gasteiger partial charge in [-0.3, -0.25) is 24.7 Å². The molecule has 2 N–H and O–H groups in total. The zero-order valence-corrected chi connectivity index (χ0v) is 28.3. The molecule has 4 heterocycles. The molecule has 10 nitrogen and oxygen atoms in total. The largest absolute Gasteiger partial charge is 0.354 e. The lowest BCUT2D eigenvalue weighted by atomic mass is 9.95. The van der Waals surface area contributed by atoms with Gasteiger partial charge >= 0.3 is 0 Å². The second-order valence-corrected chi connectivity index (χ2v) is 14.0. The van der Waals surface area contributed by atoms with Crippen molar-refractivity contribution in [2.45, 2.75) is 57.2 Å². The summed E-state index contributed by atoms with van der Waals surface area (Å²) in [7, 11) is 0. The van der Waals surface area contributed by atoms with E-state index in [-0.39, 0.29) is 29.8 Å². The fourth-order valence-corrected chi connectivity index (χ4v) is 7.12. The van der Waals surface area contributed by atoms with E-state index in [0.717, 1.165) is 50.0 Å². The molecule has 1 aliphatic heterocycles. The van der Waals surface area contributed by atoms with Gasteiger partial charge in [0.1, 0.15) is 6.04 Å². The predicted molar refractivity (Wildman–Crippen MR) is 176 cm³/mol. The lowest BCUT2D eigenvalue weighted by Crippen LogP contribution is -2.61. The van der Waals surface area contributed by atoms with Crippen LogP contribution in [-0.4, -0.2) is 73.6 Å². The minimum atomic E-state index is -0.706. The summed E-state index contributed by atoms with van der Waals surface area (Å²) in [5.74, 6) is -0.320. The smallest absolute Gasteiger partial charge is 0.244 e. The van der Waals surface area contributed by atoms with E-state index in [1.807, 2.05) is 29.1 Å². The Kier molecular flexibility index (Phi) is 9.44. The maximum atomic E-state index is 14.0. The summed E-state index contributed by atoms with van der Waals surface area (Å²) in [6, 6.07) is 10.7. The van der Waals surface area contributed by atoms with Crippen molar-refractivity contribution >= 4 is 39.3 Å². The Labute approximate surface area is 282 Å². The number of pyridine rings is 2. The Morgan fingerprint density at radius 1 is 1.13 bits per heavy atom. The third-order valence-electron chi connectivity index (χ3n) is 9.17. The quantitative estimate of drug-likeness (QED) is 0.211. The molecule has 2 aliphatic rings. The lowest BCUT2D eigenvalue weighted by Gasteiger charge is -2.44. The molecule has 0 saturated carbocycles. The highest BCUT2D eigenvalue weighted by Crippen LogP contribution is 2.38. The summed E-state index contributed by atoms with van der Waals surface area (Å²) in [4.78, 5) is 40.9. The van der Waals surface area contributed by atoms with Gasteiger partial charge in [-0.1, -0.05) is 17.7 Å². The molecule has 0 radical (unpaired) electrons. The van der Waals surface area contributed by atoms with Crippen LogP contribution in [0.4, 0.5) is 0 Å². The molecule has 0 unspecified atom stereocenters. The number of hydrogen-bond acceptors (Lipinski definition) is 6. The second-order valence-electron chi connectivity index (χ2n) is 12.6. The Bertz CT molecular complexity index is 1660. The SMILES string of the molecule is CC(C)(CCNC(=O)[C@H]1CN([C@H]2c3ccc(Cl)cc3CCc3cc(Br)cnc32)CCN1C(=O)Cc1cc[n+](O)cc1)n1ccnc1. The van der Waals surface area contributed by atoms with Crippen molar-refractivity contribution in [1.82, 2.24) is 29.7 Å². The average Bonchev–Trinajstić information content (AvgIpc) is 3.54. The standard InChI is InChI=1S/C34H37BrClN7O3/c1-34(2,41-14-11-37-22-41)9-10-38-33(45)29-21-40(15-16-43(29)30(44)17-23-7-12-42(46)13-8-23)32-28-6-5-27(36)19-24(28)3-4-25-18-26(35)20-39-31(25)32/h5-8,11-14,18-20,22,29,32H,3-4,9-10,15-17,21H2,1-2H3,(H-,38,45,46)/p+1/t29-,32+/m1/s1. The molecular formula is C34H38BrClN7O3+. The molecule has 1 aliphatic carbocycles. The molecule has 1 saturated heterocycles. The number of amides is 2. The molecule has 3 aromatic heterocycles. The highest BCUT2D eigenvalue weighted by molar-refractivity contribution is 9.10. The molecule has 2 amide bonds. The van der Waals surface area contributed by atoms with Gasteiger partial charge in [0.2, 0.25) is 24.2 Å². The number of aryl methyl sites for hydroxylation is 2. The summed E-state index contributed by atoms with van der Waals surface area (Å²) >= 11 is 10.1. The van der Waals surface area contributed by atoms with E-state index in [4.69, 9.17) is 16.6 Å². The van der Waals surface area contributed by atoms with Crippen molar-refractivity contribution in [3.05, 3.63) is 111 Å². The zero-order valence-electron chi connectivity index (χ0n) is 25.9. The van der Waals surface area contributed by atoms with Crippen molar-refractivity contribution in [2.24, 2.45) is 0 Å². The Hall–Kier alpha value is -3.80. The molecule has 12 heteroatoms. The number of carbonyl (C=O) groups is 2. The van der Waals surface area contributed by atoms with Crippen LogP contribution in [0, 0.1) is 0 Å². The Morgan fingerprint density at radius 2 is 1.91 bits per heavy atom. The third-order valence-corrected chi connectivity index (χ3v) is 9.84. The number of halogens is 2. The first-order valence-corrected chi connectivity index (χ1v) is 16.7. The molecule has 0 bridgehead atoms. The third kappa shape index (κ3) is 6.96. The minimum absolute atomic E-state index is 0.126. The van der Waals surface area contributed by atoms with Crippen molar-refractivity contribution in [3.8, 4) is 0 Å². The van der Waals surface area contributed by atoms with Gasteiger partial charge in [-0.2, -0.15) is 0 Å².